The number of nitrogens with zero attached hydrogens (tertiary/aromatic N) is 1. The quantitative estimate of drug-likeness (QED) is 0.235. The molecule has 3 aliphatic rings. The van der Waals surface area contributed by atoms with Crippen molar-refractivity contribution in [3.8, 4) is 0 Å². The molecule has 11 nitrogen and oxygen atoms in total. The van der Waals surface area contributed by atoms with Gasteiger partial charge in [-0.3, -0.25) is 19.2 Å². The van der Waals surface area contributed by atoms with Crippen LogP contribution in [0.15, 0.2) is 24.3 Å². The molecule has 1 saturated carbocycles. The molecule has 1 unspecified atom stereocenters. The molecule has 0 bridgehead atoms. The molecule has 4 rings (SSSR count). The third kappa shape index (κ3) is 7.97. The van der Waals surface area contributed by atoms with Crippen LogP contribution in [0.25, 0.3) is 0 Å². The van der Waals surface area contributed by atoms with Crippen molar-refractivity contribution in [1.29, 1.82) is 0 Å². The van der Waals surface area contributed by atoms with Crippen LogP contribution < -0.4 is 21.7 Å². The first kappa shape index (κ1) is 33.4. The second-order valence-corrected chi connectivity index (χ2v) is 13.5. The molecular formula is C33H49N5O6. The minimum absolute atomic E-state index is 0.0727. The van der Waals surface area contributed by atoms with Crippen molar-refractivity contribution in [2.24, 2.45) is 35.3 Å². The first-order valence-corrected chi connectivity index (χ1v) is 16.0. The van der Waals surface area contributed by atoms with Gasteiger partial charge in [0.05, 0.1) is 18.7 Å². The number of likely N-dealkylation sites (tertiary alicyclic amines) is 1. The lowest BCUT2D eigenvalue weighted by Crippen LogP contribution is -2.60. The van der Waals surface area contributed by atoms with Gasteiger partial charge in [0.2, 0.25) is 17.6 Å². The molecule has 2 fully saturated rings. The van der Waals surface area contributed by atoms with Crippen molar-refractivity contribution in [2.45, 2.75) is 90.4 Å². The van der Waals surface area contributed by atoms with Gasteiger partial charge in [0.1, 0.15) is 12.1 Å². The molecule has 2 aliphatic carbocycles. The van der Waals surface area contributed by atoms with Gasteiger partial charge in [0.15, 0.2) is 0 Å². The topological polar surface area (TPSA) is 160 Å². The number of fused-ring (bicyclic) bond motifs is 1. The van der Waals surface area contributed by atoms with E-state index in [0.29, 0.717) is 38.8 Å². The standard InChI is InChI=1S/C33H49N5O6/c1-18(2)24-12-13-38(28(24)31(41)35-25(14-20-10-11-20)29(39)30(34)40)32(42)27(23-15-21-8-6-7-9-22(21)16-23)37-33(43)36-26(17-44-5)19(3)4/h6-9,18-20,23-28H,10-17H2,1-5H3,(H2,34,40)(H,35,41)(H2,36,37,43)/t24-,25?,26-,27+,28+/m1/s1. The summed E-state index contributed by atoms with van der Waals surface area (Å²) in [5.74, 6) is -2.62. The molecule has 1 heterocycles. The molecule has 5 atom stereocenters. The highest BCUT2D eigenvalue weighted by Crippen LogP contribution is 2.36. The number of amides is 5. The lowest BCUT2D eigenvalue weighted by molar-refractivity contribution is -0.143. The van der Waals surface area contributed by atoms with Crippen molar-refractivity contribution in [3.05, 3.63) is 35.4 Å². The number of benzene rings is 1. The van der Waals surface area contributed by atoms with E-state index < -0.39 is 41.8 Å². The number of ether oxygens (including phenoxy) is 1. The van der Waals surface area contributed by atoms with E-state index in [0.717, 1.165) is 24.0 Å². The van der Waals surface area contributed by atoms with Gasteiger partial charge in [0, 0.05) is 13.7 Å². The third-order valence-electron chi connectivity index (χ3n) is 9.57. The van der Waals surface area contributed by atoms with Crippen molar-refractivity contribution < 1.29 is 28.7 Å². The summed E-state index contributed by atoms with van der Waals surface area (Å²) in [6.45, 7) is 8.66. The monoisotopic (exact) mass is 611 g/mol. The summed E-state index contributed by atoms with van der Waals surface area (Å²) in [5, 5.41) is 8.75. The number of methoxy groups -OCH3 is 1. The highest BCUT2D eigenvalue weighted by Gasteiger charge is 2.48. The van der Waals surface area contributed by atoms with E-state index in [2.05, 4.69) is 16.0 Å². The zero-order valence-electron chi connectivity index (χ0n) is 26.6. The summed E-state index contributed by atoms with van der Waals surface area (Å²) >= 11 is 0. The van der Waals surface area contributed by atoms with Crippen molar-refractivity contribution >= 4 is 29.5 Å². The molecule has 1 saturated heterocycles. The van der Waals surface area contributed by atoms with Crippen LogP contribution in [-0.2, 0) is 36.8 Å². The number of carbonyl (C=O) groups excluding carboxylic acids is 5. The van der Waals surface area contributed by atoms with Crippen LogP contribution in [-0.4, -0.2) is 78.9 Å². The number of carbonyl (C=O) groups is 5. The summed E-state index contributed by atoms with van der Waals surface area (Å²) < 4.78 is 5.29. The van der Waals surface area contributed by atoms with Crippen molar-refractivity contribution in [2.75, 3.05) is 20.3 Å². The predicted octanol–water partition coefficient (Wildman–Crippen LogP) is 1.95. The Hall–Kier alpha value is -3.47. The fraction of sp³-hybridized carbons (Fsp3) is 0.667. The zero-order chi connectivity index (χ0) is 32.1. The molecule has 0 radical (unpaired) electrons. The molecule has 0 aromatic heterocycles. The number of urea groups is 1. The van der Waals surface area contributed by atoms with E-state index in [1.165, 1.54) is 0 Å². The molecule has 5 amide bonds. The summed E-state index contributed by atoms with van der Waals surface area (Å²) in [4.78, 5) is 67.8. The number of Topliss-reactive ketones (excluding diaryl/α,β-unsaturated/α-hetero) is 1. The minimum atomic E-state index is -1.08. The molecule has 1 aliphatic heterocycles. The van der Waals surface area contributed by atoms with Gasteiger partial charge in [-0.1, -0.05) is 64.8 Å². The first-order chi connectivity index (χ1) is 20.9. The smallest absolute Gasteiger partial charge is 0.315 e. The van der Waals surface area contributed by atoms with Gasteiger partial charge in [-0.05, 0) is 66.4 Å². The predicted molar refractivity (Wildman–Crippen MR) is 165 cm³/mol. The Morgan fingerprint density at radius 2 is 1.59 bits per heavy atom. The van der Waals surface area contributed by atoms with Crippen LogP contribution in [0.3, 0.4) is 0 Å². The second-order valence-electron chi connectivity index (χ2n) is 13.5. The van der Waals surface area contributed by atoms with Crippen molar-refractivity contribution in [1.82, 2.24) is 20.9 Å². The van der Waals surface area contributed by atoms with Gasteiger partial charge in [0.25, 0.3) is 5.91 Å². The number of hydrogen-bond acceptors (Lipinski definition) is 6. The van der Waals surface area contributed by atoms with E-state index in [9.17, 15) is 24.0 Å². The number of rotatable bonds is 14. The second kappa shape index (κ2) is 14.5. The molecule has 44 heavy (non-hydrogen) atoms. The van der Waals surface area contributed by atoms with Gasteiger partial charge in [-0.15, -0.1) is 0 Å². The summed E-state index contributed by atoms with van der Waals surface area (Å²) in [7, 11) is 1.58. The molecule has 11 heteroatoms. The Balaban J connectivity index is 1.59. The molecule has 1 aromatic rings. The number of hydrogen-bond donors (Lipinski definition) is 4. The van der Waals surface area contributed by atoms with Gasteiger partial charge in [-0.2, -0.15) is 0 Å². The van der Waals surface area contributed by atoms with E-state index >= 15 is 0 Å². The van der Waals surface area contributed by atoms with Crippen LogP contribution in [0.4, 0.5) is 4.79 Å². The maximum atomic E-state index is 14.5. The van der Waals surface area contributed by atoms with Crippen LogP contribution in [0, 0.1) is 29.6 Å². The van der Waals surface area contributed by atoms with Gasteiger partial charge >= 0.3 is 6.03 Å². The first-order valence-electron chi connectivity index (χ1n) is 16.0. The van der Waals surface area contributed by atoms with E-state index in [1.807, 2.05) is 52.0 Å². The largest absolute Gasteiger partial charge is 0.383 e. The number of nitrogens with two attached hydrogens (primary N) is 1. The Morgan fingerprint density at radius 1 is 0.955 bits per heavy atom. The molecule has 1 aromatic carbocycles. The highest BCUT2D eigenvalue weighted by molar-refractivity contribution is 6.37. The van der Waals surface area contributed by atoms with E-state index in [1.54, 1.807) is 12.0 Å². The third-order valence-corrected chi connectivity index (χ3v) is 9.57. The minimum Gasteiger partial charge on any atom is -0.383 e. The fourth-order valence-electron chi connectivity index (χ4n) is 6.76. The van der Waals surface area contributed by atoms with Crippen LogP contribution in [0.5, 0.6) is 0 Å². The van der Waals surface area contributed by atoms with Gasteiger partial charge < -0.3 is 31.3 Å². The maximum absolute atomic E-state index is 14.5. The summed E-state index contributed by atoms with van der Waals surface area (Å²) in [5.41, 5.74) is 7.60. The molecular weight excluding hydrogens is 562 g/mol. The highest BCUT2D eigenvalue weighted by atomic mass is 16.5. The Kier molecular flexibility index (Phi) is 11.0. The Morgan fingerprint density at radius 3 is 2.11 bits per heavy atom. The van der Waals surface area contributed by atoms with E-state index in [-0.39, 0.29) is 41.5 Å². The summed E-state index contributed by atoms with van der Waals surface area (Å²) in [6.07, 6.45) is 4.06. The molecule has 5 N–H and O–H groups in total. The Labute approximate surface area is 260 Å². The van der Waals surface area contributed by atoms with Crippen LogP contribution in [0.1, 0.15) is 64.5 Å². The number of primary amides is 1. The van der Waals surface area contributed by atoms with Crippen LogP contribution >= 0.6 is 0 Å². The fourth-order valence-corrected chi connectivity index (χ4v) is 6.76. The zero-order valence-corrected chi connectivity index (χ0v) is 26.6. The summed E-state index contributed by atoms with van der Waals surface area (Å²) in [6, 6.07) is 4.56. The van der Waals surface area contributed by atoms with Crippen LogP contribution in [0.2, 0.25) is 0 Å². The Bertz CT molecular complexity index is 1210. The van der Waals surface area contributed by atoms with Crippen molar-refractivity contribution in [3.63, 3.8) is 0 Å². The average Bonchev–Trinajstić information content (AvgIpc) is 3.50. The SMILES string of the molecule is COC[C@@H](NC(=O)N[C@H](C(=O)N1CC[C@H](C(C)C)[C@H]1C(=O)NC(CC1CC1)C(=O)C(N)=O)C1Cc2ccccc2C1)C(C)C. The average molecular weight is 612 g/mol. The molecule has 0 spiro atoms. The van der Waals surface area contributed by atoms with E-state index in [4.69, 9.17) is 10.5 Å². The number of ketones is 1. The lowest BCUT2D eigenvalue weighted by atomic mass is 9.87. The number of nitrogens with one attached hydrogen (secondary N) is 3. The maximum Gasteiger partial charge on any atom is 0.315 e. The normalized spacial score (nSPS) is 21.9. The lowest BCUT2D eigenvalue weighted by Gasteiger charge is -2.34. The molecule has 242 valence electrons. The van der Waals surface area contributed by atoms with Gasteiger partial charge in [-0.25, -0.2) is 4.79 Å².